The van der Waals surface area contributed by atoms with Gasteiger partial charge in [0.05, 0.1) is 25.2 Å². The molecule has 0 aliphatic heterocycles. The van der Waals surface area contributed by atoms with E-state index in [0.29, 0.717) is 19.3 Å². The van der Waals surface area contributed by atoms with E-state index in [-0.39, 0.29) is 24.9 Å². The summed E-state index contributed by atoms with van der Waals surface area (Å²) in [6.45, 7) is 6.42. The minimum absolute atomic E-state index is 0.0327. The molecule has 6 heteroatoms. The van der Waals surface area contributed by atoms with Gasteiger partial charge in [0, 0.05) is 6.42 Å². The number of allylic oxidation sites excluding steroid dienone is 7. The third-order valence-electron chi connectivity index (χ3n) is 11.9. The van der Waals surface area contributed by atoms with Gasteiger partial charge in [0.15, 0.2) is 0 Å². The lowest BCUT2D eigenvalue weighted by atomic mass is 10.0. The van der Waals surface area contributed by atoms with E-state index >= 15 is 0 Å². The first kappa shape index (κ1) is 58.8. The van der Waals surface area contributed by atoms with Gasteiger partial charge in [-0.15, -0.1) is 0 Å². The Balaban J connectivity index is 4.57. The minimum atomic E-state index is -0.812. The Hall–Kier alpha value is -2.18. The SMILES string of the molecule is CCCCC/C=C/C=C/CCCCCCCCC(=O)OC(/C=C/C/C=C\CCCCCCCC)CC(=O)NC(CO)C(O)CCCCCCCCCCCCCCCCCC. The van der Waals surface area contributed by atoms with E-state index < -0.39 is 18.2 Å². The number of nitrogens with one attached hydrogen (secondary N) is 1. The van der Waals surface area contributed by atoms with Gasteiger partial charge in [-0.25, -0.2) is 0 Å². The van der Waals surface area contributed by atoms with Gasteiger partial charge in [-0.3, -0.25) is 9.59 Å². The Morgan fingerprint density at radius 1 is 0.508 bits per heavy atom. The zero-order valence-electron chi connectivity index (χ0n) is 40.5. The molecule has 3 N–H and O–H groups in total. The Bertz CT molecular complexity index is 1050. The summed E-state index contributed by atoms with van der Waals surface area (Å²) in [5.74, 6) is -0.611. The highest BCUT2D eigenvalue weighted by Gasteiger charge is 2.23. The minimum Gasteiger partial charge on any atom is -0.458 e. The molecule has 0 radical (unpaired) electrons. The van der Waals surface area contributed by atoms with Gasteiger partial charge in [-0.05, 0) is 63.9 Å². The maximum absolute atomic E-state index is 13.2. The normalized spacial score (nSPS) is 13.6. The van der Waals surface area contributed by atoms with Gasteiger partial charge in [0.2, 0.25) is 5.91 Å². The van der Waals surface area contributed by atoms with Gasteiger partial charge in [-0.1, -0.05) is 237 Å². The van der Waals surface area contributed by atoms with Crippen LogP contribution in [0.25, 0.3) is 0 Å². The van der Waals surface area contributed by atoms with Crippen molar-refractivity contribution >= 4 is 11.9 Å². The number of hydrogen-bond acceptors (Lipinski definition) is 5. The first-order valence-corrected chi connectivity index (χ1v) is 26.4. The molecule has 0 rings (SSSR count). The third kappa shape index (κ3) is 44.2. The van der Waals surface area contributed by atoms with Crippen molar-refractivity contribution in [1.82, 2.24) is 5.32 Å². The lowest BCUT2D eigenvalue weighted by molar-refractivity contribution is -0.148. The average molecular weight is 856 g/mol. The van der Waals surface area contributed by atoms with Crippen LogP contribution in [0, 0.1) is 0 Å². The van der Waals surface area contributed by atoms with Crippen molar-refractivity contribution in [2.24, 2.45) is 0 Å². The van der Waals surface area contributed by atoms with Crippen molar-refractivity contribution in [1.29, 1.82) is 0 Å². The van der Waals surface area contributed by atoms with Gasteiger partial charge >= 0.3 is 5.97 Å². The molecule has 0 bridgehead atoms. The molecule has 0 heterocycles. The fourth-order valence-corrected chi connectivity index (χ4v) is 7.86. The van der Waals surface area contributed by atoms with Crippen LogP contribution in [0.5, 0.6) is 0 Å². The number of rotatable bonds is 47. The summed E-state index contributed by atoms with van der Waals surface area (Å²) in [6, 6.07) is -0.734. The summed E-state index contributed by atoms with van der Waals surface area (Å²) in [4.78, 5) is 26.1. The van der Waals surface area contributed by atoms with Crippen LogP contribution in [0.4, 0.5) is 0 Å². The molecule has 0 aromatic carbocycles. The molecule has 3 atom stereocenters. The molecule has 0 fully saturated rings. The van der Waals surface area contributed by atoms with E-state index in [4.69, 9.17) is 4.74 Å². The van der Waals surface area contributed by atoms with Gasteiger partial charge < -0.3 is 20.3 Å². The molecular formula is C55H101NO5. The maximum Gasteiger partial charge on any atom is 0.306 e. The van der Waals surface area contributed by atoms with Gasteiger partial charge in [0.1, 0.15) is 6.10 Å². The topological polar surface area (TPSA) is 95.9 Å². The number of amides is 1. The zero-order chi connectivity index (χ0) is 44.5. The Morgan fingerprint density at radius 2 is 0.918 bits per heavy atom. The van der Waals surface area contributed by atoms with Crippen molar-refractivity contribution in [3.63, 3.8) is 0 Å². The standard InChI is InChI=1S/C55H101NO5/c1-4-7-10-13-16-19-22-24-26-28-29-32-35-38-41-44-47-53(58)52(50-57)56-54(59)49-51(46-43-40-37-34-31-21-18-15-12-9-6-3)61-55(60)48-45-42-39-36-33-30-27-25-23-20-17-14-11-8-5-2/h17,20,23,25,34,37,43,46,51-53,57-58H,4-16,18-19,21-22,24,26-33,35-36,38-42,44-45,47-50H2,1-3H3,(H,56,59)/b20-17+,25-23+,37-34-,46-43+. The van der Waals surface area contributed by atoms with Crippen molar-refractivity contribution in [2.75, 3.05) is 6.61 Å². The van der Waals surface area contributed by atoms with Crippen LogP contribution in [0.15, 0.2) is 48.6 Å². The number of hydrogen-bond donors (Lipinski definition) is 3. The molecule has 0 aromatic heterocycles. The molecule has 0 aliphatic rings. The van der Waals surface area contributed by atoms with Gasteiger partial charge in [-0.2, -0.15) is 0 Å². The van der Waals surface area contributed by atoms with Crippen LogP contribution >= 0.6 is 0 Å². The van der Waals surface area contributed by atoms with E-state index in [1.807, 2.05) is 12.2 Å². The quantitative estimate of drug-likeness (QED) is 0.0245. The van der Waals surface area contributed by atoms with Crippen LogP contribution in [0.1, 0.15) is 265 Å². The molecule has 0 aromatic rings. The van der Waals surface area contributed by atoms with Crippen LogP contribution in [0.2, 0.25) is 0 Å². The van der Waals surface area contributed by atoms with E-state index in [2.05, 4.69) is 62.5 Å². The Morgan fingerprint density at radius 3 is 1.41 bits per heavy atom. The molecule has 3 unspecified atom stereocenters. The fraction of sp³-hybridized carbons (Fsp3) is 0.818. The number of aliphatic hydroxyl groups excluding tert-OH is 2. The van der Waals surface area contributed by atoms with Crippen LogP contribution in [0.3, 0.4) is 0 Å². The molecule has 61 heavy (non-hydrogen) atoms. The molecule has 356 valence electrons. The Kier molecular flexibility index (Phi) is 47.1. The predicted molar refractivity (Wildman–Crippen MR) is 264 cm³/mol. The zero-order valence-corrected chi connectivity index (χ0v) is 40.5. The second-order valence-corrected chi connectivity index (χ2v) is 18.0. The summed E-state index contributed by atoms with van der Waals surface area (Å²) in [7, 11) is 0. The van der Waals surface area contributed by atoms with E-state index in [1.54, 1.807) is 0 Å². The monoisotopic (exact) mass is 856 g/mol. The summed E-state index contributed by atoms with van der Waals surface area (Å²) >= 11 is 0. The summed E-state index contributed by atoms with van der Waals surface area (Å²) in [5, 5.41) is 23.7. The van der Waals surface area contributed by atoms with Crippen molar-refractivity contribution in [3.05, 3.63) is 48.6 Å². The number of unbranched alkanes of at least 4 members (excludes halogenated alkanes) is 30. The smallest absolute Gasteiger partial charge is 0.306 e. The Labute approximate surface area is 378 Å². The summed E-state index contributed by atoms with van der Waals surface area (Å²) in [5.41, 5.74) is 0. The number of aliphatic hydroxyl groups is 2. The molecule has 0 spiro atoms. The highest BCUT2D eigenvalue weighted by atomic mass is 16.5. The first-order valence-electron chi connectivity index (χ1n) is 26.4. The van der Waals surface area contributed by atoms with Crippen LogP contribution < -0.4 is 5.32 Å². The summed E-state index contributed by atoms with van der Waals surface area (Å²) < 4.78 is 5.82. The highest BCUT2D eigenvalue weighted by Crippen LogP contribution is 2.16. The second-order valence-electron chi connectivity index (χ2n) is 18.0. The summed E-state index contributed by atoms with van der Waals surface area (Å²) in [6.07, 6.45) is 59.2. The fourth-order valence-electron chi connectivity index (χ4n) is 7.86. The molecular weight excluding hydrogens is 755 g/mol. The molecule has 0 saturated carbocycles. The second kappa shape index (κ2) is 48.8. The van der Waals surface area contributed by atoms with Crippen molar-refractivity contribution in [2.45, 2.75) is 283 Å². The number of ether oxygens (including phenoxy) is 1. The predicted octanol–water partition coefficient (Wildman–Crippen LogP) is 15.8. The molecule has 0 saturated heterocycles. The highest BCUT2D eigenvalue weighted by molar-refractivity contribution is 5.78. The molecule has 1 amide bonds. The molecule has 6 nitrogen and oxygen atoms in total. The lowest BCUT2D eigenvalue weighted by Crippen LogP contribution is -2.46. The number of carbonyl (C=O) groups excluding carboxylic acids is 2. The largest absolute Gasteiger partial charge is 0.458 e. The van der Waals surface area contributed by atoms with Crippen LogP contribution in [-0.2, 0) is 14.3 Å². The van der Waals surface area contributed by atoms with Gasteiger partial charge in [0.25, 0.3) is 0 Å². The van der Waals surface area contributed by atoms with Crippen LogP contribution in [-0.4, -0.2) is 46.9 Å². The van der Waals surface area contributed by atoms with Crippen molar-refractivity contribution in [3.8, 4) is 0 Å². The third-order valence-corrected chi connectivity index (χ3v) is 11.9. The average Bonchev–Trinajstić information content (AvgIpc) is 3.25. The van der Waals surface area contributed by atoms with Crippen molar-refractivity contribution < 1.29 is 24.5 Å². The van der Waals surface area contributed by atoms with E-state index in [0.717, 1.165) is 51.4 Å². The van der Waals surface area contributed by atoms with E-state index in [9.17, 15) is 19.8 Å². The first-order chi connectivity index (χ1) is 30.0. The van der Waals surface area contributed by atoms with E-state index in [1.165, 1.54) is 167 Å². The molecule has 0 aliphatic carbocycles. The lowest BCUT2D eigenvalue weighted by Gasteiger charge is -2.23. The maximum atomic E-state index is 13.2. The number of carbonyl (C=O) groups is 2. The number of esters is 1.